The molecule has 4 nitrogen and oxygen atoms in total. The third-order valence-corrected chi connectivity index (χ3v) is 1.79. The standard InChI is InChI=1S/C9H11F2NO3/c1-2-14-8(13)9(10,11)7(12)6-4-3-5-15-6/h3-5,7H,2,12H2,1H3/t7-/m0/s1. The van der Waals surface area contributed by atoms with Crippen LogP contribution in [-0.2, 0) is 9.53 Å². The monoisotopic (exact) mass is 219 g/mol. The highest BCUT2D eigenvalue weighted by Crippen LogP contribution is 2.30. The number of carbonyl (C=O) groups is 1. The van der Waals surface area contributed by atoms with Gasteiger partial charge in [-0.2, -0.15) is 8.78 Å². The molecule has 1 atom stereocenters. The molecule has 1 heterocycles. The maximum Gasteiger partial charge on any atom is 0.379 e. The number of hydrogen-bond donors (Lipinski definition) is 1. The van der Waals surface area contributed by atoms with E-state index in [-0.39, 0.29) is 12.4 Å². The van der Waals surface area contributed by atoms with E-state index in [4.69, 9.17) is 10.2 Å². The quantitative estimate of drug-likeness (QED) is 0.779. The zero-order chi connectivity index (χ0) is 11.5. The number of nitrogens with two attached hydrogens (primary N) is 1. The molecule has 0 aliphatic carbocycles. The molecule has 0 aromatic carbocycles. The fraction of sp³-hybridized carbons (Fsp3) is 0.444. The fourth-order valence-corrected chi connectivity index (χ4v) is 1.00. The van der Waals surface area contributed by atoms with Gasteiger partial charge < -0.3 is 14.9 Å². The number of ether oxygens (including phenoxy) is 1. The molecule has 0 saturated carbocycles. The van der Waals surface area contributed by atoms with Gasteiger partial charge in [0.2, 0.25) is 0 Å². The van der Waals surface area contributed by atoms with Crippen LogP contribution in [0.2, 0.25) is 0 Å². The van der Waals surface area contributed by atoms with Gasteiger partial charge in [0.25, 0.3) is 0 Å². The van der Waals surface area contributed by atoms with Crippen LogP contribution in [0.5, 0.6) is 0 Å². The average Bonchev–Trinajstić information content (AvgIpc) is 2.69. The van der Waals surface area contributed by atoms with Crippen LogP contribution in [0.4, 0.5) is 8.78 Å². The van der Waals surface area contributed by atoms with Crippen molar-refractivity contribution < 1.29 is 22.7 Å². The van der Waals surface area contributed by atoms with Crippen molar-refractivity contribution in [2.45, 2.75) is 18.9 Å². The topological polar surface area (TPSA) is 65.5 Å². The smallest absolute Gasteiger partial charge is 0.379 e. The highest BCUT2D eigenvalue weighted by Gasteiger charge is 2.49. The molecule has 0 aliphatic rings. The lowest BCUT2D eigenvalue weighted by Crippen LogP contribution is -2.41. The van der Waals surface area contributed by atoms with Crippen molar-refractivity contribution in [2.75, 3.05) is 6.61 Å². The van der Waals surface area contributed by atoms with E-state index in [0.29, 0.717) is 0 Å². The number of alkyl halides is 2. The van der Waals surface area contributed by atoms with Crippen LogP contribution in [-0.4, -0.2) is 18.5 Å². The SMILES string of the molecule is CCOC(=O)C(F)(F)[C@@H](N)c1ccco1. The van der Waals surface area contributed by atoms with Crippen molar-refractivity contribution in [3.8, 4) is 0 Å². The predicted octanol–water partition coefficient (Wildman–Crippen LogP) is 1.48. The molecule has 0 unspecified atom stereocenters. The van der Waals surface area contributed by atoms with E-state index in [1.807, 2.05) is 0 Å². The van der Waals surface area contributed by atoms with Crippen LogP contribution in [0, 0.1) is 0 Å². The van der Waals surface area contributed by atoms with Crippen LogP contribution in [0.15, 0.2) is 22.8 Å². The molecule has 0 fully saturated rings. The van der Waals surface area contributed by atoms with Crippen molar-refractivity contribution in [1.82, 2.24) is 0 Å². The zero-order valence-corrected chi connectivity index (χ0v) is 8.07. The Morgan fingerprint density at radius 1 is 1.73 bits per heavy atom. The third kappa shape index (κ3) is 2.33. The molecule has 84 valence electrons. The highest BCUT2D eigenvalue weighted by molar-refractivity contribution is 5.78. The number of furan rings is 1. The van der Waals surface area contributed by atoms with E-state index in [1.54, 1.807) is 0 Å². The summed E-state index contributed by atoms with van der Waals surface area (Å²) in [6, 6.07) is 0.861. The first-order chi connectivity index (χ1) is 7.00. The van der Waals surface area contributed by atoms with Crippen LogP contribution in [0.25, 0.3) is 0 Å². The Morgan fingerprint density at radius 2 is 2.40 bits per heavy atom. The van der Waals surface area contributed by atoms with Crippen LogP contribution in [0.3, 0.4) is 0 Å². The van der Waals surface area contributed by atoms with Crippen LogP contribution >= 0.6 is 0 Å². The largest absolute Gasteiger partial charge is 0.467 e. The van der Waals surface area contributed by atoms with Crippen LogP contribution in [0.1, 0.15) is 18.7 Å². The minimum Gasteiger partial charge on any atom is -0.467 e. The van der Waals surface area contributed by atoms with Gasteiger partial charge in [-0.25, -0.2) is 4.79 Å². The molecule has 1 aromatic rings. The summed E-state index contributed by atoms with van der Waals surface area (Å²) in [7, 11) is 0. The van der Waals surface area contributed by atoms with Crippen molar-refractivity contribution in [3.63, 3.8) is 0 Å². The first-order valence-corrected chi connectivity index (χ1v) is 4.34. The molecular weight excluding hydrogens is 208 g/mol. The number of hydrogen-bond acceptors (Lipinski definition) is 4. The summed E-state index contributed by atoms with van der Waals surface area (Å²) in [6.07, 6.45) is 1.20. The van der Waals surface area contributed by atoms with Gasteiger partial charge in [0.1, 0.15) is 11.8 Å². The summed E-state index contributed by atoms with van der Waals surface area (Å²) in [6.45, 7) is 1.31. The number of rotatable bonds is 4. The van der Waals surface area contributed by atoms with Gasteiger partial charge in [-0.15, -0.1) is 0 Å². The van der Waals surface area contributed by atoms with E-state index in [9.17, 15) is 13.6 Å². The molecular formula is C9H11F2NO3. The molecule has 0 radical (unpaired) electrons. The van der Waals surface area contributed by atoms with E-state index in [0.717, 1.165) is 0 Å². The third-order valence-electron chi connectivity index (χ3n) is 1.79. The molecule has 0 aliphatic heterocycles. The second-order valence-electron chi connectivity index (χ2n) is 2.84. The Labute approximate surface area is 85.0 Å². The van der Waals surface area contributed by atoms with Gasteiger partial charge in [0.15, 0.2) is 0 Å². The summed E-state index contributed by atoms with van der Waals surface area (Å²) >= 11 is 0. The van der Waals surface area contributed by atoms with Gasteiger partial charge in [-0.3, -0.25) is 0 Å². The summed E-state index contributed by atoms with van der Waals surface area (Å²) in [5, 5.41) is 0. The maximum atomic E-state index is 13.3. The molecule has 1 rings (SSSR count). The van der Waals surface area contributed by atoms with Gasteiger partial charge in [-0.05, 0) is 19.1 Å². The average molecular weight is 219 g/mol. The van der Waals surface area contributed by atoms with Crippen molar-refractivity contribution in [2.24, 2.45) is 5.73 Å². The Bertz CT molecular complexity index is 324. The van der Waals surface area contributed by atoms with E-state index < -0.39 is 17.9 Å². The summed E-state index contributed by atoms with van der Waals surface area (Å²) in [5.41, 5.74) is 5.20. The number of esters is 1. The lowest BCUT2D eigenvalue weighted by atomic mass is 10.1. The second kappa shape index (κ2) is 4.39. The molecule has 15 heavy (non-hydrogen) atoms. The Balaban J connectivity index is 2.81. The summed E-state index contributed by atoms with van der Waals surface area (Å²) in [5.74, 6) is -5.59. The Hall–Kier alpha value is -1.43. The molecule has 6 heteroatoms. The Morgan fingerprint density at radius 3 is 2.87 bits per heavy atom. The normalized spacial score (nSPS) is 13.6. The van der Waals surface area contributed by atoms with Gasteiger partial charge in [0, 0.05) is 0 Å². The van der Waals surface area contributed by atoms with Crippen molar-refractivity contribution in [3.05, 3.63) is 24.2 Å². The zero-order valence-electron chi connectivity index (χ0n) is 8.07. The first-order valence-electron chi connectivity index (χ1n) is 4.34. The van der Waals surface area contributed by atoms with E-state index >= 15 is 0 Å². The molecule has 0 bridgehead atoms. The highest BCUT2D eigenvalue weighted by atomic mass is 19.3. The molecule has 0 saturated heterocycles. The molecule has 2 N–H and O–H groups in total. The Kier molecular flexibility index (Phi) is 3.41. The van der Waals surface area contributed by atoms with Gasteiger partial charge in [0.05, 0.1) is 12.9 Å². The van der Waals surface area contributed by atoms with E-state index in [2.05, 4.69) is 4.74 Å². The number of carbonyl (C=O) groups excluding carboxylic acids is 1. The molecule has 0 spiro atoms. The lowest BCUT2D eigenvalue weighted by molar-refractivity contribution is -0.175. The van der Waals surface area contributed by atoms with Gasteiger partial charge >= 0.3 is 11.9 Å². The van der Waals surface area contributed by atoms with E-state index in [1.165, 1.54) is 25.3 Å². The fourth-order valence-electron chi connectivity index (χ4n) is 1.00. The lowest BCUT2D eigenvalue weighted by Gasteiger charge is -2.19. The van der Waals surface area contributed by atoms with Gasteiger partial charge in [-0.1, -0.05) is 0 Å². The molecule has 1 aromatic heterocycles. The van der Waals surface area contributed by atoms with Crippen molar-refractivity contribution >= 4 is 5.97 Å². The molecule has 0 amide bonds. The van der Waals surface area contributed by atoms with Crippen molar-refractivity contribution in [1.29, 1.82) is 0 Å². The summed E-state index contributed by atoms with van der Waals surface area (Å²) < 4.78 is 35.5. The minimum absolute atomic E-state index is 0.126. The number of halogens is 2. The van der Waals surface area contributed by atoms with Crippen LogP contribution < -0.4 is 5.73 Å². The predicted molar refractivity (Wildman–Crippen MR) is 47.2 cm³/mol. The first kappa shape index (κ1) is 11.6. The summed E-state index contributed by atoms with van der Waals surface area (Å²) in [4.78, 5) is 10.9. The minimum atomic E-state index is -3.78. The maximum absolute atomic E-state index is 13.3. The second-order valence-corrected chi connectivity index (χ2v) is 2.84.